The maximum atomic E-state index is 12.4. The molecule has 20 heavy (non-hydrogen) atoms. The molecule has 7 heteroatoms. The summed E-state index contributed by atoms with van der Waals surface area (Å²) < 4.78 is 0. The number of aromatic nitrogens is 4. The summed E-state index contributed by atoms with van der Waals surface area (Å²) in [6.07, 6.45) is 7.63. The first kappa shape index (κ1) is 12.5. The molecular formula is C13H13N5O2. The molecule has 0 aliphatic carbocycles. The van der Waals surface area contributed by atoms with Crippen LogP contribution in [-0.2, 0) is 0 Å². The van der Waals surface area contributed by atoms with E-state index in [0.29, 0.717) is 17.9 Å². The molecule has 1 N–H and O–H groups in total. The van der Waals surface area contributed by atoms with E-state index < -0.39 is 5.69 Å². The van der Waals surface area contributed by atoms with Crippen molar-refractivity contribution in [1.82, 2.24) is 24.8 Å². The van der Waals surface area contributed by atoms with E-state index in [9.17, 15) is 9.59 Å². The second kappa shape index (κ2) is 5.20. The summed E-state index contributed by atoms with van der Waals surface area (Å²) in [6.45, 7) is 0.643. The van der Waals surface area contributed by atoms with Gasteiger partial charge in [0.25, 0.3) is 5.91 Å². The van der Waals surface area contributed by atoms with Gasteiger partial charge in [-0.25, -0.2) is 14.8 Å². The number of nitrogens with one attached hydrogen (secondary N) is 1. The monoisotopic (exact) mass is 271 g/mol. The van der Waals surface area contributed by atoms with Gasteiger partial charge in [-0.2, -0.15) is 0 Å². The van der Waals surface area contributed by atoms with Crippen LogP contribution in [0.5, 0.6) is 0 Å². The number of rotatable bonds is 2. The zero-order valence-corrected chi connectivity index (χ0v) is 10.7. The molecule has 1 aliphatic heterocycles. The topological polar surface area (TPSA) is 91.8 Å². The number of hydrogen-bond acceptors (Lipinski definition) is 5. The number of carbonyl (C=O) groups excluding carboxylic acids is 1. The van der Waals surface area contributed by atoms with Crippen molar-refractivity contribution < 1.29 is 4.79 Å². The Morgan fingerprint density at radius 1 is 1.30 bits per heavy atom. The average molecular weight is 271 g/mol. The van der Waals surface area contributed by atoms with Crippen LogP contribution in [0.15, 0.2) is 35.6 Å². The molecule has 2 aromatic rings. The summed E-state index contributed by atoms with van der Waals surface area (Å²) in [5, 5.41) is 0. The van der Waals surface area contributed by atoms with Crippen LogP contribution >= 0.6 is 0 Å². The van der Waals surface area contributed by atoms with Crippen LogP contribution < -0.4 is 5.69 Å². The molecule has 102 valence electrons. The van der Waals surface area contributed by atoms with Gasteiger partial charge >= 0.3 is 5.69 Å². The van der Waals surface area contributed by atoms with Crippen LogP contribution in [0.4, 0.5) is 0 Å². The third-order valence-electron chi connectivity index (χ3n) is 3.35. The number of carbonyl (C=O) groups is 1. The molecule has 1 amide bonds. The van der Waals surface area contributed by atoms with Gasteiger partial charge in [0.2, 0.25) is 0 Å². The Labute approximate surface area is 114 Å². The van der Waals surface area contributed by atoms with Crippen molar-refractivity contribution in [2.24, 2.45) is 0 Å². The van der Waals surface area contributed by atoms with Crippen molar-refractivity contribution in [3.63, 3.8) is 0 Å². The van der Waals surface area contributed by atoms with Gasteiger partial charge in [-0.15, -0.1) is 0 Å². The highest BCUT2D eigenvalue weighted by Crippen LogP contribution is 2.31. The van der Waals surface area contributed by atoms with Crippen LogP contribution in [0.3, 0.4) is 0 Å². The standard InChI is InChI=1S/C13H13N5O2/c19-12(10-8-14-5-6-15-10)18-7-1-2-11(18)9-3-4-16-13(20)17-9/h3-6,8,11H,1-2,7H2,(H,16,17,20)/t11-/m1/s1. The average Bonchev–Trinajstić information content (AvgIpc) is 2.97. The van der Waals surface area contributed by atoms with E-state index >= 15 is 0 Å². The van der Waals surface area contributed by atoms with Gasteiger partial charge in [0.1, 0.15) is 5.69 Å². The zero-order valence-electron chi connectivity index (χ0n) is 10.7. The van der Waals surface area contributed by atoms with Crippen LogP contribution in [0.25, 0.3) is 0 Å². The molecular weight excluding hydrogens is 258 g/mol. The maximum absolute atomic E-state index is 12.4. The summed E-state index contributed by atoms with van der Waals surface area (Å²) in [5.41, 5.74) is 0.622. The number of amides is 1. The first-order valence-electron chi connectivity index (χ1n) is 6.38. The highest BCUT2D eigenvalue weighted by Gasteiger charge is 2.31. The van der Waals surface area contributed by atoms with Crippen LogP contribution in [0.2, 0.25) is 0 Å². The van der Waals surface area contributed by atoms with E-state index in [-0.39, 0.29) is 11.9 Å². The second-order valence-corrected chi connectivity index (χ2v) is 4.58. The molecule has 3 rings (SSSR count). The third kappa shape index (κ3) is 2.29. The number of likely N-dealkylation sites (tertiary alicyclic amines) is 1. The quantitative estimate of drug-likeness (QED) is 0.860. The lowest BCUT2D eigenvalue weighted by Crippen LogP contribution is -2.32. The molecule has 1 fully saturated rings. The van der Waals surface area contributed by atoms with Gasteiger partial charge in [-0.05, 0) is 18.9 Å². The van der Waals surface area contributed by atoms with Crippen molar-refractivity contribution in [1.29, 1.82) is 0 Å². The normalized spacial score (nSPS) is 18.2. The number of nitrogens with zero attached hydrogens (tertiary/aromatic N) is 4. The van der Waals surface area contributed by atoms with Crippen molar-refractivity contribution in [3.05, 3.63) is 52.7 Å². The van der Waals surface area contributed by atoms with Crippen LogP contribution in [-0.4, -0.2) is 37.3 Å². The fourth-order valence-electron chi connectivity index (χ4n) is 2.47. The Kier molecular flexibility index (Phi) is 3.24. The molecule has 1 atom stereocenters. The number of H-pyrrole nitrogens is 1. The molecule has 0 spiro atoms. The Hall–Kier alpha value is -2.57. The summed E-state index contributed by atoms with van der Waals surface area (Å²) in [6, 6.07) is 1.59. The molecule has 0 bridgehead atoms. The molecule has 0 saturated carbocycles. The number of aromatic amines is 1. The first-order chi connectivity index (χ1) is 9.75. The van der Waals surface area contributed by atoms with E-state index in [2.05, 4.69) is 19.9 Å². The largest absolute Gasteiger partial charge is 0.345 e. The first-order valence-corrected chi connectivity index (χ1v) is 6.38. The molecule has 3 heterocycles. The van der Waals surface area contributed by atoms with Gasteiger partial charge in [-0.3, -0.25) is 9.78 Å². The predicted molar refractivity (Wildman–Crippen MR) is 69.9 cm³/mol. The highest BCUT2D eigenvalue weighted by atomic mass is 16.2. The Morgan fingerprint density at radius 3 is 2.95 bits per heavy atom. The van der Waals surface area contributed by atoms with E-state index in [0.717, 1.165) is 12.8 Å². The minimum absolute atomic E-state index is 0.139. The Balaban J connectivity index is 1.90. The predicted octanol–water partition coefficient (Wildman–Crippen LogP) is 0.537. The Bertz CT molecular complexity index is 670. The smallest absolute Gasteiger partial charge is 0.329 e. The lowest BCUT2D eigenvalue weighted by Gasteiger charge is -2.24. The van der Waals surface area contributed by atoms with Crippen molar-refractivity contribution >= 4 is 5.91 Å². The van der Waals surface area contributed by atoms with E-state index in [1.807, 2.05) is 0 Å². The molecule has 0 unspecified atom stereocenters. The van der Waals surface area contributed by atoms with Crippen LogP contribution in [0, 0.1) is 0 Å². The Morgan fingerprint density at radius 2 is 2.20 bits per heavy atom. The SMILES string of the molecule is O=C(c1cnccn1)N1CCC[C@@H]1c1ccnc(=O)[nH]1. The third-order valence-corrected chi connectivity index (χ3v) is 3.35. The lowest BCUT2D eigenvalue weighted by atomic mass is 10.1. The minimum atomic E-state index is -0.402. The fourth-order valence-corrected chi connectivity index (χ4v) is 2.47. The van der Waals surface area contributed by atoms with Crippen molar-refractivity contribution in [2.45, 2.75) is 18.9 Å². The summed E-state index contributed by atoms with van der Waals surface area (Å²) in [7, 11) is 0. The zero-order chi connectivity index (χ0) is 13.9. The maximum Gasteiger partial charge on any atom is 0.345 e. The molecule has 0 radical (unpaired) electrons. The molecule has 1 saturated heterocycles. The van der Waals surface area contributed by atoms with Gasteiger partial charge in [0.15, 0.2) is 0 Å². The number of hydrogen-bond donors (Lipinski definition) is 1. The van der Waals surface area contributed by atoms with E-state index in [1.165, 1.54) is 24.8 Å². The van der Waals surface area contributed by atoms with E-state index in [1.54, 1.807) is 11.0 Å². The molecule has 2 aromatic heterocycles. The summed E-state index contributed by atoms with van der Waals surface area (Å²) in [5.74, 6) is -0.168. The van der Waals surface area contributed by atoms with Gasteiger partial charge in [-0.1, -0.05) is 0 Å². The highest BCUT2D eigenvalue weighted by molar-refractivity contribution is 5.92. The molecule has 0 aromatic carbocycles. The van der Waals surface area contributed by atoms with Crippen molar-refractivity contribution in [3.8, 4) is 0 Å². The molecule has 7 nitrogen and oxygen atoms in total. The summed E-state index contributed by atoms with van der Waals surface area (Å²) >= 11 is 0. The lowest BCUT2D eigenvalue weighted by molar-refractivity contribution is 0.0726. The summed E-state index contributed by atoms with van der Waals surface area (Å²) in [4.78, 5) is 39.7. The fraction of sp³-hybridized carbons (Fsp3) is 0.308. The van der Waals surface area contributed by atoms with Gasteiger partial charge in [0, 0.05) is 30.8 Å². The van der Waals surface area contributed by atoms with Gasteiger partial charge < -0.3 is 9.88 Å². The molecule has 1 aliphatic rings. The van der Waals surface area contributed by atoms with E-state index in [4.69, 9.17) is 0 Å². The van der Waals surface area contributed by atoms with Crippen LogP contribution in [0.1, 0.15) is 35.1 Å². The second-order valence-electron chi connectivity index (χ2n) is 4.58. The van der Waals surface area contributed by atoms with Crippen molar-refractivity contribution in [2.75, 3.05) is 6.54 Å². The minimum Gasteiger partial charge on any atom is -0.329 e. The van der Waals surface area contributed by atoms with Gasteiger partial charge in [0.05, 0.1) is 12.2 Å².